The molecule has 0 amide bonds. The topological polar surface area (TPSA) is 0 Å². The van der Waals surface area contributed by atoms with E-state index in [2.05, 4.69) is 19.1 Å². The molecule has 2 saturated carbocycles. The third-order valence-corrected chi connectivity index (χ3v) is 6.13. The van der Waals surface area contributed by atoms with E-state index in [0.29, 0.717) is 5.92 Å². The van der Waals surface area contributed by atoms with Gasteiger partial charge in [0.2, 0.25) is 0 Å². The summed E-state index contributed by atoms with van der Waals surface area (Å²) in [6, 6.07) is 4.45. The highest BCUT2D eigenvalue weighted by atomic mass is 19.2. The SMILES string of the molecule is C/C=C/C1CCC(C2CCC(c3ccc(F)c(F)c3)CC2)CC1.[HH].[HH]. The predicted octanol–water partition coefficient (Wildman–Crippen LogP) is 7.11. The van der Waals surface area contributed by atoms with Crippen molar-refractivity contribution in [2.45, 2.75) is 64.2 Å². The van der Waals surface area contributed by atoms with E-state index in [1.54, 1.807) is 6.07 Å². The molecule has 2 heteroatoms. The molecular weight excluding hydrogens is 290 g/mol. The molecule has 130 valence electrons. The summed E-state index contributed by atoms with van der Waals surface area (Å²) in [5, 5.41) is 0. The van der Waals surface area contributed by atoms with Crippen LogP contribution in [-0.2, 0) is 0 Å². The van der Waals surface area contributed by atoms with Crippen molar-refractivity contribution >= 4 is 0 Å². The second-order valence-electron chi connectivity index (χ2n) is 7.49. The maximum absolute atomic E-state index is 13.4. The van der Waals surface area contributed by atoms with Gasteiger partial charge in [0, 0.05) is 2.85 Å². The lowest BCUT2D eigenvalue weighted by Crippen LogP contribution is -2.25. The Morgan fingerprint density at radius 2 is 1.48 bits per heavy atom. The molecule has 1 aromatic carbocycles. The Hall–Kier alpha value is -1.18. The number of halogens is 2. The number of allylic oxidation sites excluding steroid dienone is 2. The summed E-state index contributed by atoms with van der Waals surface area (Å²) in [5.41, 5.74) is 0.985. The molecule has 2 aliphatic carbocycles. The monoisotopic (exact) mass is 322 g/mol. The minimum absolute atomic E-state index is 0. The van der Waals surface area contributed by atoms with Crippen LogP contribution in [0.3, 0.4) is 0 Å². The fraction of sp³-hybridized carbons (Fsp3) is 0.619. The van der Waals surface area contributed by atoms with Gasteiger partial charge < -0.3 is 0 Å². The smallest absolute Gasteiger partial charge is 0.159 e. The zero-order valence-corrected chi connectivity index (χ0v) is 14.1. The van der Waals surface area contributed by atoms with Crippen LogP contribution in [0.4, 0.5) is 8.78 Å². The Labute approximate surface area is 142 Å². The average Bonchev–Trinajstić information content (AvgIpc) is 2.59. The van der Waals surface area contributed by atoms with Crippen LogP contribution in [-0.4, -0.2) is 0 Å². The van der Waals surface area contributed by atoms with E-state index >= 15 is 0 Å². The highest BCUT2D eigenvalue weighted by molar-refractivity contribution is 5.22. The molecule has 0 radical (unpaired) electrons. The molecule has 0 unspecified atom stereocenters. The van der Waals surface area contributed by atoms with Crippen molar-refractivity contribution in [2.24, 2.45) is 17.8 Å². The van der Waals surface area contributed by atoms with Crippen LogP contribution < -0.4 is 0 Å². The van der Waals surface area contributed by atoms with Crippen LogP contribution in [0.5, 0.6) is 0 Å². The number of hydrogen-bond acceptors (Lipinski definition) is 0. The molecule has 0 spiro atoms. The normalized spacial score (nSPS) is 32.3. The molecule has 0 atom stereocenters. The van der Waals surface area contributed by atoms with E-state index in [-0.39, 0.29) is 2.85 Å². The first-order valence-corrected chi connectivity index (χ1v) is 9.25. The third kappa shape index (κ3) is 4.02. The van der Waals surface area contributed by atoms with Gasteiger partial charge in [0.05, 0.1) is 0 Å². The number of benzene rings is 1. The fourth-order valence-corrected chi connectivity index (χ4v) is 4.77. The van der Waals surface area contributed by atoms with Crippen molar-refractivity contribution < 1.29 is 11.6 Å². The number of rotatable bonds is 3. The van der Waals surface area contributed by atoms with Crippen molar-refractivity contribution in [3.05, 3.63) is 47.5 Å². The van der Waals surface area contributed by atoms with Gasteiger partial charge in [-0.05, 0) is 99.7 Å². The Morgan fingerprint density at radius 3 is 2.04 bits per heavy atom. The summed E-state index contributed by atoms with van der Waals surface area (Å²) in [4.78, 5) is 0. The van der Waals surface area contributed by atoms with E-state index in [0.717, 1.165) is 36.2 Å². The van der Waals surface area contributed by atoms with Crippen molar-refractivity contribution in [1.29, 1.82) is 0 Å². The molecule has 0 nitrogen and oxygen atoms in total. The Bertz CT molecular complexity index is 543. The molecule has 2 fully saturated rings. The van der Waals surface area contributed by atoms with Gasteiger partial charge in [-0.1, -0.05) is 18.2 Å². The van der Waals surface area contributed by atoms with Crippen LogP contribution in [0.1, 0.15) is 72.6 Å². The summed E-state index contributed by atoms with van der Waals surface area (Å²) in [7, 11) is 0. The van der Waals surface area contributed by atoms with E-state index < -0.39 is 11.6 Å². The minimum Gasteiger partial charge on any atom is -0.204 e. The van der Waals surface area contributed by atoms with E-state index in [1.807, 2.05) is 0 Å². The molecule has 0 heterocycles. The van der Waals surface area contributed by atoms with Gasteiger partial charge in [-0.2, -0.15) is 0 Å². The van der Waals surface area contributed by atoms with Crippen LogP contribution in [0.2, 0.25) is 0 Å². The quantitative estimate of drug-likeness (QED) is 0.520. The average molecular weight is 322 g/mol. The molecule has 2 aliphatic rings. The van der Waals surface area contributed by atoms with Crippen LogP contribution in [0, 0.1) is 29.4 Å². The molecule has 0 bridgehead atoms. The van der Waals surface area contributed by atoms with Gasteiger partial charge in [0.1, 0.15) is 0 Å². The lowest BCUT2D eigenvalue weighted by Gasteiger charge is -2.37. The van der Waals surface area contributed by atoms with E-state index in [9.17, 15) is 8.78 Å². The molecule has 0 aliphatic heterocycles. The first-order valence-electron chi connectivity index (χ1n) is 9.25. The largest absolute Gasteiger partial charge is 0.204 e. The van der Waals surface area contributed by atoms with Gasteiger partial charge in [-0.15, -0.1) is 0 Å². The minimum atomic E-state index is -0.736. The summed E-state index contributed by atoms with van der Waals surface area (Å²) in [6.07, 6.45) is 14.8. The Balaban J connectivity index is 0.00000156. The highest BCUT2D eigenvalue weighted by Crippen LogP contribution is 2.44. The summed E-state index contributed by atoms with van der Waals surface area (Å²) in [5.74, 6) is 1.52. The second-order valence-corrected chi connectivity index (χ2v) is 7.49. The molecular formula is C21H32F2. The van der Waals surface area contributed by atoms with E-state index in [1.165, 1.54) is 50.7 Å². The summed E-state index contributed by atoms with van der Waals surface area (Å²) < 4.78 is 26.5. The maximum Gasteiger partial charge on any atom is 0.159 e. The van der Waals surface area contributed by atoms with Crippen molar-refractivity contribution in [2.75, 3.05) is 0 Å². The van der Waals surface area contributed by atoms with Gasteiger partial charge in [-0.25, -0.2) is 8.78 Å². The van der Waals surface area contributed by atoms with Crippen LogP contribution >= 0.6 is 0 Å². The van der Waals surface area contributed by atoms with Gasteiger partial charge >= 0.3 is 0 Å². The van der Waals surface area contributed by atoms with Gasteiger partial charge in [-0.3, -0.25) is 0 Å². The molecule has 1 aromatic rings. The molecule has 23 heavy (non-hydrogen) atoms. The fourth-order valence-electron chi connectivity index (χ4n) is 4.77. The van der Waals surface area contributed by atoms with Gasteiger partial charge in [0.15, 0.2) is 11.6 Å². The van der Waals surface area contributed by atoms with Crippen molar-refractivity contribution in [1.82, 2.24) is 0 Å². The number of hydrogen-bond donors (Lipinski definition) is 0. The highest BCUT2D eigenvalue weighted by Gasteiger charge is 2.30. The lowest BCUT2D eigenvalue weighted by atomic mass is 9.68. The standard InChI is InChI=1S/C21H28F2.2H2/c1-2-3-15-4-6-16(7-5-15)17-8-10-18(11-9-17)19-12-13-20(22)21(23)14-19;;/h2-3,12-18H,4-11H2,1H3;2*1H/b3-2+;;. The first kappa shape index (κ1) is 16.7. The predicted molar refractivity (Wildman–Crippen MR) is 95.5 cm³/mol. The Morgan fingerprint density at radius 1 is 0.870 bits per heavy atom. The van der Waals surface area contributed by atoms with Gasteiger partial charge in [0.25, 0.3) is 0 Å². The van der Waals surface area contributed by atoms with Crippen molar-refractivity contribution in [3.63, 3.8) is 0 Å². The molecule has 0 saturated heterocycles. The Kier molecular flexibility index (Phi) is 5.50. The zero-order chi connectivity index (χ0) is 16.2. The lowest BCUT2D eigenvalue weighted by molar-refractivity contribution is 0.171. The molecule has 3 rings (SSSR count). The van der Waals surface area contributed by atoms with Crippen LogP contribution in [0.25, 0.3) is 0 Å². The zero-order valence-electron chi connectivity index (χ0n) is 14.1. The molecule has 0 N–H and O–H groups in total. The van der Waals surface area contributed by atoms with Crippen molar-refractivity contribution in [3.8, 4) is 0 Å². The van der Waals surface area contributed by atoms with Crippen LogP contribution in [0.15, 0.2) is 30.4 Å². The summed E-state index contributed by atoms with van der Waals surface area (Å²) in [6.45, 7) is 2.12. The summed E-state index contributed by atoms with van der Waals surface area (Å²) >= 11 is 0. The maximum atomic E-state index is 13.4. The second kappa shape index (κ2) is 7.59. The molecule has 0 aromatic heterocycles. The third-order valence-electron chi connectivity index (χ3n) is 6.13. The van der Waals surface area contributed by atoms with E-state index in [4.69, 9.17) is 0 Å². The first-order chi connectivity index (χ1) is 11.2.